The van der Waals surface area contributed by atoms with E-state index in [1.54, 1.807) is 19.9 Å². The molecule has 0 heterocycles. The first-order chi connectivity index (χ1) is 8.45. The second-order valence-corrected chi connectivity index (χ2v) is 4.34. The van der Waals surface area contributed by atoms with Gasteiger partial charge in [0.2, 0.25) is 0 Å². The summed E-state index contributed by atoms with van der Waals surface area (Å²) < 4.78 is 0. The van der Waals surface area contributed by atoms with Crippen LogP contribution in [0.1, 0.15) is 19.4 Å². The topological polar surface area (TPSA) is 61.7 Å². The number of hydrogen-bond donors (Lipinski definition) is 2. The van der Waals surface area contributed by atoms with Gasteiger partial charge in [0.1, 0.15) is 5.75 Å². The van der Waals surface area contributed by atoms with E-state index in [1.807, 2.05) is 0 Å². The van der Waals surface area contributed by atoms with Gasteiger partial charge in [-0.05, 0) is 26.0 Å². The van der Waals surface area contributed by atoms with Gasteiger partial charge in [-0.3, -0.25) is 4.79 Å². The molecule has 1 aromatic rings. The van der Waals surface area contributed by atoms with Crippen molar-refractivity contribution in [1.82, 2.24) is 5.43 Å². The Kier molecular flexibility index (Phi) is 5.19. The molecular formula is C12H12Cl2N2O2. The van der Waals surface area contributed by atoms with Crippen LogP contribution in [0.4, 0.5) is 0 Å². The van der Waals surface area contributed by atoms with Crippen LogP contribution in [-0.4, -0.2) is 17.2 Å². The number of allylic oxidation sites excluding steroid dienone is 1. The molecule has 0 fully saturated rings. The van der Waals surface area contributed by atoms with Gasteiger partial charge in [0.05, 0.1) is 11.2 Å². The molecule has 0 aromatic heterocycles. The van der Waals surface area contributed by atoms with Crippen LogP contribution >= 0.6 is 23.2 Å². The largest absolute Gasteiger partial charge is 0.506 e. The Morgan fingerprint density at radius 2 is 2.11 bits per heavy atom. The van der Waals surface area contributed by atoms with Crippen LogP contribution in [-0.2, 0) is 4.79 Å². The summed E-state index contributed by atoms with van der Waals surface area (Å²) in [5, 5.41) is 13.8. The molecule has 1 amide bonds. The molecule has 0 aliphatic heterocycles. The highest BCUT2D eigenvalue weighted by Crippen LogP contribution is 2.29. The average Bonchev–Trinajstić information content (AvgIpc) is 2.33. The molecule has 0 saturated carbocycles. The third-order valence-corrected chi connectivity index (χ3v) is 2.72. The summed E-state index contributed by atoms with van der Waals surface area (Å²) >= 11 is 11.5. The minimum atomic E-state index is -0.318. The van der Waals surface area contributed by atoms with Gasteiger partial charge in [-0.1, -0.05) is 29.3 Å². The third-order valence-electron chi connectivity index (χ3n) is 2.22. The van der Waals surface area contributed by atoms with E-state index < -0.39 is 0 Å². The molecule has 6 heteroatoms. The van der Waals surface area contributed by atoms with Crippen molar-refractivity contribution in [2.45, 2.75) is 13.8 Å². The van der Waals surface area contributed by atoms with Crippen molar-refractivity contribution in [3.05, 3.63) is 39.4 Å². The smallest absolute Gasteiger partial charge is 0.266 e. The molecule has 18 heavy (non-hydrogen) atoms. The van der Waals surface area contributed by atoms with Gasteiger partial charge < -0.3 is 5.11 Å². The molecule has 1 aromatic carbocycles. The molecule has 0 spiro atoms. The molecule has 0 aliphatic carbocycles. The summed E-state index contributed by atoms with van der Waals surface area (Å²) in [5.74, 6) is -0.455. The number of phenols is 1. The summed E-state index contributed by atoms with van der Waals surface area (Å²) in [5.41, 5.74) is 3.18. The van der Waals surface area contributed by atoms with E-state index in [0.717, 1.165) is 0 Å². The van der Waals surface area contributed by atoms with Gasteiger partial charge in [0.25, 0.3) is 5.91 Å². The lowest BCUT2D eigenvalue weighted by Crippen LogP contribution is -2.18. The lowest BCUT2D eigenvalue weighted by Gasteiger charge is -2.02. The maximum atomic E-state index is 11.4. The summed E-state index contributed by atoms with van der Waals surface area (Å²) in [7, 11) is 0. The molecular weight excluding hydrogens is 275 g/mol. The summed E-state index contributed by atoms with van der Waals surface area (Å²) in [4.78, 5) is 11.4. The van der Waals surface area contributed by atoms with E-state index in [9.17, 15) is 9.90 Å². The first-order valence-corrected chi connectivity index (χ1v) is 5.85. The molecule has 4 nitrogen and oxygen atoms in total. The number of nitrogens with one attached hydrogen (secondary N) is 1. The van der Waals surface area contributed by atoms with Gasteiger partial charge in [-0.2, -0.15) is 5.10 Å². The number of hydrazone groups is 1. The number of rotatable bonds is 3. The zero-order chi connectivity index (χ0) is 13.7. The second kappa shape index (κ2) is 6.42. The van der Waals surface area contributed by atoms with Crippen molar-refractivity contribution >= 4 is 35.3 Å². The van der Waals surface area contributed by atoms with Crippen molar-refractivity contribution in [1.29, 1.82) is 0 Å². The van der Waals surface area contributed by atoms with Gasteiger partial charge in [-0.25, -0.2) is 5.43 Å². The molecule has 0 bridgehead atoms. The number of amides is 1. The second-order valence-electron chi connectivity index (χ2n) is 3.50. The van der Waals surface area contributed by atoms with Crippen LogP contribution in [0.3, 0.4) is 0 Å². The fourth-order valence-corrected chi connectivity index (χ4v) is 1.57. The highest BCUT2D eigenvalue weighted by molar-refractivity contribution is 6.36. The molecule has 1 rings (SSSR count). The normalized spacial score (nSPS) is 11.9. The molecule has 0 atom stereocenters. The number of hydrogen-bond acceptors (Lipinski definition) is 3. The van der Waals surface area contributed by atoms with E-state index in [0.29, 0.717) is 16.2 Å². The number of carbonyl (C=O) groups is 1. The lowest BCUT2D eigenvalue weighted by atomic mass is 10.2. The van der Waals surface area contributed by atoms with Crippen molar-refractivity contribution in [2.24, 2.45) is 5.10 Å². The zero-order valence-corrected chi connectivity index (χ0v) is 11.4. The number of aromatic hydroxyl groups is 1. The van der Waals surface area contributed by atoms with Gasteiger partial charge in [-0.15, -0.1) is 0 Å². The molecule has 0 unspecified atom stereocenters. The fraction of sp³-hybridized carbons (Fsp3) is 0.167. The van der Waals surface area contributed by atoms with Crippen LogP contribution < -0.4 is 5.43 Å². The maximum absolute atomic E-state index is 11.4. The Balaban J connectivity index is 2.83. The van der Waals surface area contributed by atoms with E-state index >= 15 is 0 Å². The lowest BCUT2D eigenvalue weighted by molar-refractivity contribution is -0.117. The highest BCUT2D eigenvalue weighted by Gasteiger charge is 2.06. The standard InChI is InChI=1S/C12H12Cl2N2O2/c1-3-7(2)12(18)16-15-6-8-4-9(13)5-10(14)11(8)17/h3-6,17H,1-2H3,(H,16,18). The van der Waals surface area contributed by atoms with E-state index in [2.05, 4.69) is 10.5 Å². The molecule has 0 aliphatic rings. The number of carbonyl (C=O) groups excluding carboxylic acids is 1. The first kappa shape index (κ1) is 14.5. The quantitative estimate of drug-likeness (QED) is 0.509. The van der Waals surface area contributed by atoms with Crippen LogP contribution in [0.5, 0.6) is 5.75 Å². The average molecular weight is 287 g/mol. The predicted octanol–water partition coefficient (Wildman–Crippen LogP) is 3.12. The number of nitrogens with zero attached hydrogens (tertiary/aromatic N) is 1. The van der Waals surface area contributed by atoms with E-state index in [4.69, 9.17) is 23.2 Å². The Bertz CT molecular complexity index is 525. The van der Waals surface area contributed by atoms with Gasteiger partial charge in [0.15, 0.2) is 0 Å². The maximum Gasteiger partial charge on any atom is 0.266 e. The minimum absolute atomic E-state index is 0.125. The summed E-state index contributed by atoms with van der Waals surface area (Å²) in [6, 6.07) is 2.90. The Morgan fingerprint density at radius 1 is 1.44 bits per heavy atom. The highest BCUT2D eigenvalue weighted by atomic mass is 35.5. The Labute approximate surface area is 115 Å². The number of halogens is 2. The van der Waals surface area contributed by atoms with Crippen molar-refractivity contribution < 1.29 is 9.90 Å². The van der Waals surface area contributed by atoms with Crippen molar-refractivity contribution in [3.8, 4) is 5.75 Å². The Morgan fingerprint density at radius 3 is 2.72 bits per heavy atom. The Hall–Kier alpha value is -1.52. The predicted molar refractivity (Wildman–Crippen MR) is 73.3 cm³/mol. The third kappa shape index (κ3) is 3.75. The van der Waals surface area contributed by atoms with Crippen molar-refractivity contribution in [3.63, 3.8) is 0 Å². The molecule has 2 N–H and O–H groups in total. The van der Waals surface area contributed by atoms with Crippen molar-refractivity contribution in [2.75, 3.05) is 0 Å². The monoisotopic (exact) mass is 286 g/mol. The van der Waals surface area contributed by atoms with E-state index in [-0.39, 0.29) is 16.7 Å². The first-order valence-electron chi connectivity index (χ1n) is 5.10. The van der Waals surface area contributed by atoms with Crippen LogP contribution in [0.2, 0.25) is 10.0 Å². The van der Waals surface area contributed by atoms with E-state index in [1.165, 1.54) is 18.3 Å². The molecule has 0 radical (unpaired) electrons. The fourth-order valence-electron chi connectivity index (χ4n) is 1.06. The number of phenolic OH excluding ortho intramolecular Hbond substituents is 1. The van der Waals surface area contributed by atoms with Crippen LogP contribution in [0, 0.1) is 0 Å². The zero-order valence-electron chi connectivity index (χ0n) is 9.87. The number of benzene rings is 1. The summed E-state index contributed by atoms with van der Waals surface area (Å²) in [6.07, 6.45) is 2.94. The molecule has 0 saturated heterocycles. The van der Waals surface area contributed by atoms with Gasteiger partial charge in [0, 0.05) is 16.2 Å². The van der Waals surface area contributed by atoms with Crippen LogP contribution in [0.25, 0.3) is 0 Å². The minimum Gasteiger partial charge on any atom is -0.506 e. The SMILES string of the molecule is CC=C(C)C(=O)NN=Cc1cc(Cl)cc(Cl)c1O. The van der Waals surface area contributed by atoms with Crippen LogP contribution in [0.15, 0.2) is 28.9 Å². The summed E-state index contributed by atoms with van der Waals surface area (Å²) in [6.45, 7) is 3.42. The molecule has 96 valence electrons. The van der Waals surface area contributed by atoms with Gasteiger partial charge >= 0.3 is 0 Å².